The van der Waals surface area contributed by atoms with Crippen molar-refractivity contribution in [1.82, 2.24) is 5.32 Å². The molecule has 2 nitrogen and oxygen atoms in total. The van der Waals surface area contributed by atoms with Gasteiger partial charge in [-0.2, -0.15) is 22.0 Å². The maximum Gasteiger partial charge on any atom is 0.455 e. The maximum atomic E-state index is 12.3. The molecule has 0 amide bonds. The normalized spacial score (nSPS) is 24.2. The lowest BCUT2D eigenvalue weighted by atomic mass is 10.3. The van der Waals surface area contributed by atoms with Crippen molar-refractivity contribution in [3.8, 4) is 0 Å². The van der Waals surface area contributed by atoms with Crippen molar-refractivity contribution < 1.29 is 26.7 Å². The number of halogens is 5. The van der Waals surface area contributed by atoms with E-state index in [-0.39, 0.29) is 0 Å². The van der Waals surface area contributed by atoms with Crippen LogP contribution >= 0.6 is 0 Å². The fourth-order valence-electron chi connectivity index (χ4n) is 1.07. The lowest BCUT2D eigenvalue weighted by Crippen LogP contribution is -2.42. The summed E-state index contributed by atoms with van der Waals surface area (Å²) in [7, 11) is 0. The summed E-state index contributed by atoms with van der Waals surface area (Å²) in [5.74, 6) is -4.75. The highest BCUT2D eigenvalue weighted by atomic mass is 19.4. The Morgan fingerprint density at radius 2 is 1.86 bits per heavy atom. The van der Waals surface area contributed by atoms with Crippen molar-refractivity contribution in [1.29, 1.82) is 0 Å². The minimum Gasteiger partial charge on any atom is -0.370 e. The van der Waals surface area contributed by atoms with E-state index in [1.807, 2.05) is 0 Å². The summed E-state index contributed by atoms with van der Waals surface area (Å²) in [6.45, 7) is -0.682. The van der Waals surface area contributed by atoms with Gasteiger partial charge in [-0.1, -0.05) is 0 Å². The highest BCUT2D eigenvalue weighted by molar-refractivity contribution is 4.78. The van der Waals surface area contributed by atoms with Gasteiger partial charge in [0.05, 0.1) is 6.10 Å². The third-order valence-electron chi connectivity index (χ3n) is 1.93. The van der Waals surface area contributed by atoms with Crippen LogP contribution in [0.3, 0.4) is 0 Å². The lowest BCUT2D eigenvalue weighted by molar-refractivity contribution is -0.299. The van der Waals surface area contributed by atoms with E-state index in [9.17, 15) is 22.0 Å². The maximum absolute atomic E-state index is 12.3. The SMILES string of the molecule is FC(F)(F)C(F)(F)CO[C@H]1CCNC1. The van der Waals surface area contributed by atoms with Gasteiger partial charge in [0.2, 0.25) is 0 Å². The van der Waals surface area contributed by atoms with E-state index in [2.05, 4.69) is 10.1 Å². The van der Waals surface area contributed by atoms with Gasteiger partial charge in [0.25, 0.3) is 0 Å². The molecular formula is C7H10F5NO. The van der Waals surface area contributed by atoms with Crippen molar-refractivity contribution in [3.05, 3.63) is 0 Å². The zero-order chi connectivity index (χ0) is 10.8. The second-order valence-corrected chi connectivity index (χ2v) is 3.13. The van der Waals surface area contributed by atoms with Crippen molar-refractivity contribution in [2.75, 3.05) is 19.7 Å². The zero-order valence-electron chi connectivity index (χ0n) is 7.20. The predicted octanol–water partition coefficient (Wildman–Crippen LogP) is 1.56. The Morgan fingerprint density at radius 3 is 2.29 bits per heavy atom. The van der Waals surface area contributed by atoms with Gasteiger partial charge in [0, 0.05) is 6.54 Å². The summed E-state index contributed by atoms with van der Waals surface area (Å²) in [5.41, 5.74) is 0. The molecular weight excluding hydrogens is 209 g/mol. The number of nitrogens with one attached hydrogen (secondary N) is 1. The molecule has 0 spiro atoms. The van der Waals surface area contributed by atoms with Crippen LogP contribution in [0, 0.1) is 0 Å². The Kier molecular flexibility index (Phi) is 3.31. The van der Waals surface area contributed by atoms with Crippen molar-refractivity contribution in [2.45, 2.75) is 24.6 Å². The standard InChI is InChI=1S/C7H10F5NO/c8-6(9,7(10,11)12)4-14-5-1-2-13-3-5/h5,13H,1-4H2/t5-/m0/s1. The minimum absolute atomic E-state index is 0.327. The smallest absolute Gasteiger partial charge is 0.370 e. The summed E-state index contributed by atoms with van der Waals surface area (Å²) in [4.78, 5) is 0. The molecule has 0 unspecified atom stereocenters. The molecule has 14 heavy (non-hydrogen) atoms. The number of rotatable bonds is 3. The van der Waals surface area contributed by atoms with Gasteiger partial charge in [0.15, 0.2) is 0 Å². The molecule has 84 valence electrons. The predicted molar refractivity (Wildman–Crippen MR) is 38.2 cm³/mol. The average Bonchev–Trinajstić information content (AvgIpc) is 2.50. The van der Waals surface area contributed by atoms with E-state index in [1.54, 1.807) is 0 Å². The first-order valence-electron chi connectivity index (χ1n) is 4.10. The largest absolute Gasteiger partial charge is 0.455 e. The van der Waals surface area contributed by atoms with E-state index in [0.717, 1.165) is 0 Å². The third-order valence-corrected chi connectivity index (χ3v) is 1.93. The zero-order valence-corrected chi connectivity index (χ0v) is 7.20. The van der Waals surface area contributed by atoms with Gasteiger partial charge in [0.1, 0.15) is 6.61 Å². The molecule has 0 saturated carbocycles. The highest BCUT2D eigenvalue weighted by Crippen LogP contribution is 2.35. The molecule has 0 radical (unpaired) electrons. The number of ether oxygens (including phenoxy) is 1. The van der Waals surface area contributed by atoms with Crippen molar-refractivity contribution in [2.24, 2.45) is 0 Å². The van der Waals surface area contributed by atoms with Crippen LogP contribution < -0.4 is 5.32 Å². The first kappa shape index (κ1) is 11.6. The van der Waals surface area contributed by atoms with E-state index in [1.165, 1.54) is 0 Å². The molecule has 1 aliphatic heterocycles. The molecule has 1 heterocycles. The molecule has 0 aliphatic carbocycles. The molecule has 1 rings (SSSR count). The minimum atomic E-state index is -5.53. The summed E-state index contributed by atoms with van der Waals surface area (Å²) >= 11 is 0. The molecule has 0 aromatic rings. The fourth-order valence-corrected chi connectivity index (χ4v) is 1.07. The summed E-state index contributed by atoms with van der Waals surface area (Å²) in [6.07, 6.45) is -5.60. The van der Waals surface area contributed by atoms with Crippen LogP contribution in [0.25, 0.3) is 0 Å². The van der Waals surface area contributed by atoms with E-state index >= 15 is 0 Å². The average molecular weight is 219 g/mol. The van der Waals surface area contributed by atoms with Crippen LogP contribution in [-0.2, 0) is 4.74 Å². The number of hydrogen-bond acceptors (Lipinski definition) is 2. The third kappa shape index (κ3) is 2.78. The summed E-state index contributed by atoms with van der Waals surface area (Å²) < 4.78 is 64.1. The molecule has 0 aromatic heterocycles. The molecule has 1 saturated heterocycles. The molecule has 1 N–H and O–H groups in total. The van der Waals surface area contributed by atoms with Crippen LogP contribution in [-0.4, -0.2) is 37.9 Å². The molecule has 7 heteroatoms. The van der Waals surface area contributed by atoms with Crippen LogP contribution in [0.5, 0.6) is 0 Å². The van der Waals surface area contributed by atoms with E-state index in [4.69, 9.17) is 0 Å². The van der Waals surface area contributed by atoms with Gasteiger partial charge >= 0.3 is 12.1 Å². The van der Waals surface area contributed by atoms with Gasteiger partial charge in [-0.3, -0.25) is 0 Å². The molecule has 1 fully saturated rings. The van der Waals surface area contributed by atoms with Crippen LogP contribution in [0.2, 0.25) is 0 Å². The Morgan fingerprint density at radius 1 is 1.21 bits per heavy atom. The van der Waals surface area contributed by atoms with Crippen molar-refractivity contribution in [3.63, 3.8) is 0 Å². The monoisotopic (exact) mass is 219 g/mol. The van der Waals surface area contributed by atoms with E-state index in [0.29, 0.717) is 19.5 Å². The van der Waals surface area contributed by atoms with Crippen LogP contribution in [0.1, 0.15) is 6.42 Å². The first-order chi connectivity index (χ1) is 6.33. The Hall–Kier alpha value is -0.430. The Labute approximate surface area is 77.4 Å². The Balaban J connectivity index is 2.35. The number of alkyl halides is 5. The second-order valence-electron chi connectivity index (χ2n) is 3.13. The summed E-state index contributed by atoms with van der Waals surface area (Å²) in [6, 6.07) is 0. The molecule has 1 atom stereocenters. The lowest BCUT2D eigenvalue weighted by Gasteiger charge is -2.21. The second kappa shape index (κ2) is 3.98. The van der Waals surface area contributed by atoms with Crippen LogP contribution in [0.15, 0.2) is 0 Å². The van der Waals surface area contributed by atoms with E-state index < -0.39 is 24.8 Å². The highest BCUT2D eigenvalue weighted by Gasteiger charge is 2.57. The van der Waals surface area contributed by atoms with Gasteiger partial charge < -0.3 is 10.1 Å². The summed E-state index contributed by atoms with van der Waals surface area (Å²) in [5, 5.41) is 2.80. The fraction of sp³-hybridized carbons (Fsp3) is 1.00. The van der Waals surface area contributed by atoms with Gasteiger partial charge in [-0.25, -0.2) is 0 Å². The first-order valence-corrected chi connectivity index (χ1v) is 4.10. The molecule has 1 aliphatic rings. The van der Waals surface area contributed by atoms with Crippen molar-refractivity contribution >= 4 is 0 Å². The molecule has 0 aromatic carbocycles. The molecule has 0 bridgehead atoms. The quantitative estimate of drug-likeness (QED) is 0.727. The van der Waals surface area contributed by atoms with Gasteiger partial charge in [-0.15, -0.1) is 0 Å². The number of hydrogen-bond donors (Lipinski definition) is 1. The Bertz CT molecular complexity index is 187. The van der Waals surface area contributed by atoms with Gasteiger partial charge in [-0.05, 0) is 13.0 Å². The topological polar surface area (TPSA) is 21.3 Å². The van der Waals surface area contributed by atoms with Crippen LogP contribution in [0.4, 0.5) is 22.0 Å².